The lowest BCUT2D eigenvalue weighted by atomic mass is 10.1. The van der Waals surface area contributed by atoms with E-state index in [1.165, 1.54) is 0 Å². The molecule has 0 aromatic rings. The minimum absolute atomic E-state index is 0.280. The number of unbranched alkanes of at least 4 members (excludes halogenated alkanes) is 1. The van der Waals surface area contributed by atoms with Crippen LogP contribution in [0.5, 0.6) is 0 Å². The second kappa shape index (κ2) is 4.58. The van der Waals surface area contributed by atoms with Gasteiger partial charge < -0.3 is 4.74 Å². The standard InChI is InChI=1S/C9H13BrCl2O2/c1-8(6-9(8,11)12)7(13)14-5-3-2-4-10/h2-6H2,1H3/t8-/m1/s1. The first-order valence-electron chi connectivity index (χ1n) is 4.55. The lowest BCUT2D eigenvalue weighted by molar-refractivity contribution is -0.149. The van der Waals surface area contributed by atoms with Crippen molar-refractivity contribution in [1.29, 1.82) is 0 Å². The summed E-state index contributed by atoms with van der Waals surface area (Å²) in [5, 5.41) is 0.927. The normalized spacial score (nSPS) is 28.6. The molecule has 0 spiro atoms. The smallest absolute Gasteiger partial charge is 0.314 e. The summed E-state index contributed by atoms with van der Waals surface area (Å²) in [5.41, 5.74) is -0.690. The Hall–Kier alpha value is 0.530. The predicted molar refractivity (Wildman–Crippen MR) is 61.1 cm³/mol. The molecule has 1 saturated carbocycles. The third-order valence-electron chi connectivity index (χ3n) is 2.47. The Labute approximate surface area is 102 Å². The maximum Gasteiger partial charge on any atom is 0.314 e. The summed E-state index contributed by atoms with van der Waals surface area (Å²) in [6, 6.07) is 0. The fraction of sp³-hybridized carbons (Fsp3) is 0.889. The number of alkyl halides is 3. The number of hydrogen-bond acceptors (Lipinski definition) is 2. The fourth-order valence-electron chi connectivity index (χ4n) is 1.14. The Morgan fingerprint density at radius 1 is 1.50 bits per heavy atom. The molecule has 5 heteroatoms. The highest BCUT2D eigenvalue weighted by Gasteiger charge is 2.69. The van der Waals surface area contributed by atoms with Crippen LogP contribution in [0.4, 0.5) is 0 Å². The van der Waals surface area contributed by atoms with Crippen molar-refractivity contribution in [2.45, 2.75) is 30.5 Å². The molecule has 0 heterocycles. The van der Waals surface area contributed by atoms with E-state index < -0.39 is 9.75 Å². The molecule has 0 saturated heterocycles. The third kappa shape index (κ3) is 2.56. The van der Waals surface area contributed by atoms with E-state index in [-0.39, 0.29) is 5.97 Å². The number of carbonyl (C=O) groups excluding carboxylic acids is 1. The summed E-state index contributed by atoms with van der Waals surface area (Å²) in [5.74, 6) is -0.280. The van der Waals surface area contributed by atoms with Gasteiger partial charge in [0.15, 0.2) is 0 Å². The number of halogens is 3. The Kier molecular flexibility index (Phi) is 4.12. The van der Waals surface area contributed by atoms with Crippen LogP contribution >= 0.6 is 39.1 Å². The van der Waals surface area contributed by atoms with Crippen molar-refractivity contribution >= 4 is 45.1 Å². The molecular weight excluding hydrogens is 291 g/mol. The molecule has 0 N–H and O–H groups in total. The molecule has 0 amide bonds. The maximum atomic E-state index is 11.5. The van der Waals surface area contributed by atoms with Crippen molar-refractivity contribution in [1.82, 2.24) is 0 Å². The van der Waals surface area contributed by atoms with Gasteiger partial charge in [-0.1, -0.05) is 15.9 Å². The number of rotatable bonds is 5. The molecule has 2 nitrogen and oxygen atoms in total. The van der Waals surface area contributed by atoms with Crippen LogP contribution in [0.2, 0.25) is 0 Å². The van der Waals surface area contributed by atoms with Crippen LogP contribution in [0.15, 0.2) is 0 Å². The fourth-order valence-corrected chi connectivity index (χ4v) is 2.23. The van der Waals surface area contributed by atoms with E-state index in [2.05, 4.69) is 15.9 Å². The van der Waals surface area contributed by atoms with Crippen molar-refractivity contribution in [2.24, 2.45) is 5.41 Å². The molecule has 1 atom stereocenters. The highest BCUT2D eigenvalue weighted by Crippen LogP contribution is 2.64. The third-order valence-corrected chi connectivity index (χ3v) is 4.13. The molecule has 1 fully saturated rings. The summed E-state index contributed by atoms with van der Waals surface area (Å²) in [6.45, 7) is 2.18. The van der Waals surface area contributed by atoms with Gasteiger partial charge in [-0.05, 0) is 19.8 Å². The van der Waals surface area contributed by atoms with Crippen molar-refractivity contribution in [3.63, 3.8) is 0 Å². The first-order chi connectivity index (χ1) is 6.44. The SMILES string of the molecule is C[C@]1(C(=O)OCCCCBr)CC1(Cl)Cl. The van der Waals surface area contributed by atoms with E-state index in [1.807, 2.05) is 0 Å². The molecule has 0 aromatic carbocycles. The van der Waals surface area contributed by atoms with Crippen LogP contribution in [-0.4, -0.2) is 22.2 Å². The Balaban J connectivity index is 2.24. The molecule has 1 aliphatic carbocycles. The van der Waals surface area contributed by atoms with Gasteiger partial charge in [0, 0.05) is 11.8 Å². The zero-order valence-corrected chi connectivity index (χ0v) is 11.1. The molecule has 0 aliphatic heterocycles. The zero-order valence-electron chi connectivity index (χ0n) is 7.99. The van der Waals surface area contributed by atoms with Crippen LogP contribution in [-0.2, 0) is 9.53 Å². The van der Waals surface area contributed by atoms with Gasteiger partial charge in [-0.3, -0.25) is 4.79 Å². The monoisotopic (exact) mass is 302 g/mol. The second-order valence-corrected chi connectivity index (χ2v) is 6.02. The lowest BCUT2D eigenvalue weighted by Gasteiger charge is -2.11. The molecule has 1 rings (SSSR count). The highest BCUT2D eigenvalue weighted by molar-refractivity contribution is 9.09. The minimum Gasteiger partial charge on any atom is -0.465 e. The quantitative estimate of drug-likeness (QED) is 0.442. The van der Waals surface area contributed by atoms with Crippen molar-refractivity contribution < 1.29 is 9.53 Å². The predicted octanol–water partition coefficient (Wildman–Crippen LogP) is 3.29. The van der Waals surface area contributed by atoms with Gasteiger partial charge in [-0.2, -0.15) is 0 Å². The van der Waals surface area contributed by atoms with Crippen LogP contribution in [0, 0.1) is 5.41 Å². The number of esters is 1. The van der Waals surface area contributed by atoms with E-state index in [1.54, 1.807) is 6.92 Å². The van der Waals surface area contributed by atoms with Crippen LogP contribution in [0.3, 0.4) is 0 Å². The highest BCUT2D eigenvalue weighted by atomic mass is 79.9. The topological polar surface area (TPSA) is 26.3 Å². The van der Waals surface area contributed by atoms with Crippen LogP contribution in [0.25, 0.3) is 0 Å². The zero-order chi connectivity index (χ0) is 10.8. The summed E-state index contributed by atoms with van der Waals surface area (Å²) < 4.78 is 4.16. The Bertz CT molecular complexity index is 233. The number of carbonyl (C=O) groups is 1. The summed E-state index contributed by atoms with van der Waals surface area (Å²) in [7, 11) is 0. The van der Waals surface area contributed by atoms with E-state index in [9.17, 15) is 4.79 Å². The number of hydrogen-bond donors (Lipinski definition) is 0. The van der Waals surface area contributed by atoms with Crippen LogP contribution in [0.1, 0.15) is 26.2 Å². The van der Waals surface area contributed by atoms with Gasteiger partial charge in [0.05, 0.1) is 6.61 Å². The van der Waals surface area contributed by atoms with Crippen LogP contribution < -0.4 is 0 Å². The van der Waals surface area contributed by atoms with E-state index in [4.69, 9.17) is 27.9 Å². The maximum absolute atomic E-state index is 11.5. The molecule has 14 heavy (non-hydrogen) atoms. The molecule has 0 unspecified atom stereocenters. The van der Waals surface area contributed by atoms with Gasteiger partial charge in [0.25, 0.3) is 0 Å². The van der Waals surface area contributed by atoms with E-state index in [0.717, 1.165) is 18.2 Å². The molecule has 1 aliphatic rings. The molecular formula is C9H13BrCl2O2. The lowest BCUT2D eigenvalue weighted by Crippen LogP contribution is -2.21. The average molecular weight is 304 g/mol. The van der Waals surface area contributed by atoms with Gasteiger partial charge in [0.1, 0.15) is 9.75 Å². The van der Waals surface area contributed by atoms with Gasteiger partial charge in [-0.15, -0.1) is 23.2 Å². The first-order valence-corrected chi connectivity index (χ1v) is 6.43. The Morgan fingerprint density at radius 3 is 2.50 bits per heavy atom. The summed E-state index contributed by atoms with van der Waals surface area (Å²) in [4.78, 5) is 11.5. The largest absolute Gasteiger partial charge is 0.465 e. The van der Waals surface area contributed by atoms with E-state index in [0.29, 0.717) is 13.0 Å². The second-order valence-electron chi connectivity index (χ2n) is 3.75. The van der Waals surface area contributed by atoms with Crippen molar-refractivity contribution in [3.05, 3.63) is 0 Å². The Morgan fingerprint density at radius 2 is 2.07 bits per heavy atom. The summed E-state index contributed by atoms with van der Waals surface area (Å²) in [6.07, 6.45) is 2.35. The van der Waals surface area contributed by atoms with Gasteiger partial charge >= 0.3 is 5.97 Å². The molecule has 0 bridgehead atoms. The first kappa shape index (κ1) is 12.6. The number of ether oxygens (including phenoxy) is 1. The van der Waals surface area contributed by atoms with E-state index >= 15 is 0 Å². The molecule has 0 aromatic heterocycles. The van der Waals surface area contributed by atoms with Crippen molar-refractivity contribution in [3.8, 4) is 0 Å². The molecule has 0 radical (unpaired) electrons. The van der Waals surface area contributed by atoms with Gasteiger partial charge in [0.2, 0.25) is 0 Å². The van der Waals surface area contributed by atoms with Crippen molar-refractivity contribution in [2.75, 3.05) is 11.9 Å². The average Bonchev–Trinajstić information content (AvgIpc) is 2.61. The molecule has 82 valence electrons. The van der Waals surface area contributed by atoms with Gasteiger partial charge in [-0.25, -0.2) is 0 Å². The minimum atomic E-state index is -0.917. The summed E-state index contributed by atoms with van der Waals surface area (Å²) >= 11 is 15.0.